The number of carbonyl (C=O) groups excluding carboxylic acids is 1. The molecule has 0 aliphatic carbocycles. The van der Waals surface area contributed by atoms with E-state index in [1.807, 2.05) is 34.6 Å². The van der Waals surface area contributed by atoms with Gasteiger partial charge in [-0.15, -0.1) is 24.0 Å². The minimum Gasteiger partial charge on any atom is -0.444 e. The van der Waals surface area contributed by atoms with Crippen LogP contribution in [0.1, 0.15) is 41.0 Å². The average Bonchev–Trinajstić information content (AvgIpc) is 2.39. The number of rotatable bonds is 7. The highest BCUT2D eigenvalue weighted by molar-refractivity contribution is 14.0. The van der Waals surface area contributed by atoms with Crippen molar-refractivity contribution >= 4 is 36.0 Å². The van der Waals surface area contributed by atoms with Crippen LogP contribution in [-0.2, 0) is 9.47 Å². The minimum absolute atomic E-state index is 0. The molecule has 0 atom stereocenters. The smallest absolute Gasteiger partial charge is 0.410 e. The van der Waals surface area contributed by atoms with Gasteiger partial charge in [0, 0.05) is 39.4 Å². The molecule has 0 saturated carbocycles. The molecule has 1 amide bonds. The molecule has 0 aromatic rings. The lowest BCUT2D eigenvalue weighted by molar-refractivity contribution is 0.00700. The van der Waals surface area contributed by atoms with Crippen LogP contribution in [-0.4, -0.2) is 68.0 Å². The van der Waals surface area contributed by atoms with Crippen molar-refractivity contribution in [2.45, 2.75) is 52.7 Å². The Morgan fingerprint density at radius 3 is 2.50 bits per heavy atom. The predicted octanol–water partition coefficient (Wildman–Crippen LogP) is 2.21. The van der Waals surface area contributed by atoms with Crippen molar-refractivity contribution in [3.05, 3.63) is 0 Å². The third-order valence-electron chi connectivity index (χ3n) is 3.14. The molecule has 0 bridgehead atoms. The molecule has 1 saturated heterocycles. The van der Waals surface area contributed by atoms with Crippen molar-refractivity contribution in [2.75, 3.05) is 39.4 Å². The summed E-state index contributed by atoms with van der Waals surface area (Å²) in [6, 6.07) is 0.215. The predicted molar refractivity (Wildman–Crippen MR) is 107 cm³/mol. The Bertz CT molecular complexity index is 393. The molecule has 0 spiro atoms. The van der Waals surface area contributed by atoms with Gasteiger partial charge in [0.25, 0.3) is 0 Å². The van der Waals surface area contributed by atoms with E-state index in [-0.39, 0.29) is 36.1 Å². The molecule has 1 heterocycles. The van der Waals surface area contributed by atoms with Crippen LogP contribution in [0, 0.1) is 0 Å². The fourth-order valence-electron chi connectivity index (χ4n) is 2.06. The van der Waals surface area contributed by atoms with Crippen LogP contribution < -0.4 is 10.6 Å². The van der Waals surface area contributed by atoms with Gasteiger partial charge in [0.2, 0.25) is 0 Å². The first-order valence-electron chi connectivity index (χ1n) is 8.46. The van der Waals surface area contributed by atoms with E-state index in [9.17, 15) is 4.79 Å². The molecule has 24 heavy (non-hydrogen) atoms. The van der Waals surface area contributed by atoms with Crippen LogP contribution >= 0.6 is 24.0 Å². The zero-order valence-electron chi connectivity index (χ0n) is 15.6. The molecule has 142 valence electrons. The number of ether oxygens (including phenoxy) is 2. The molecular formula is C16H33IN4O3. The maximum Gasteiger partial charge on any atom is 0.410 e. The molecule has 0 unspecified atom stereocenters. The first kappa shape index (κ1) is 23.2. The molecule has 0 aromatic carbocycles. The summed E-state index contributed by atoms with van der Waals surface area (Å²) in [7, 11) is 0. The van der Waals surface area contributed by atoms with Crippen LogP contribution in [0.4, 0.5) is 4.79 Å². The summed E-state index contributed by atoms with van der Waals surface area (Å²) in [6.45, 7) is 13.9. The Kier molecular flexibility index (Phi) is 11.4. The van der Waals surface area contributed by atoms with Crippen molar-refractivity contribution in [1.82, 2.24) is 15.5 Å². The van der Waals surface area contributed by atoms with E-state index in [4.69, 9.17) is 9.47 Å². The number of amides is 1. The van der Waals surface area contributed by atoms with Crippen molar-refractivity contribution in [1.29, 1.82) is 0 Å². The Hall–Kier alpha value is -0.770. The summed E-state index contributed by atoms with van der Waals surface area (Å²) in [4.78, 5) is 18.1. The summed E-state index contributed by atoms with van der Waals surface area (Å²) >= 11 is 0. The van der Waals surface area contributed by atoms with Crippen LogP contribution in [0.15, 0.2) is 4.99 Å². The highest BCUT2D eigenvalue weighted by Gasteiger charge is 2.34. The number of likely N-dealkylation sites (tertiary alicyclic amines) is 1. The van der Waals surface area contributed by atoms with Gasteiger partial charge in [-0.1, -0.05) is 0 Å². The zero-order valence-corrected chi connectivity index (χ0v) is 17.9. The first-order chi connectivity index (χ1) is 10.9. The number of hydrogen-bond donors (Lipinski definition) is 2. The second kappa shape index (κ2) is 11.7. The highest BCUT2D eigenvalue weighted by atomic mass is 127. The van der Waals surface area contributed by atoms with Gasteiger partial charge >= 0.3 is 6.09 Å². The topological polar surface area (TPSA) is 75.2 Å². The minimum atomic E-state index is -0.452. The zero-order chi connectivity index (χ0) is 17.3. The number of nitrogens with one attached hydrogen (secondary N) is 2. The van der Waals surface area contributed by atoms with Gasteiger partial charge in [0.1, 0.15) is 5.60 Å². The van der Waals surface area contributed by atoms with Gasteiger partial charge in [0.05, 0.1) is 6.04 Å². The molecular weight excluding hydrogens is 423 g/mol. The standard InChI is InChI=1S/C16H32N4O3.HI/c1-6-17-14(18-9-8-10-22-7-2)19-13-11-20(12-13)15(21)23-16(3,4)5;/h13H,6-12H2,1-5H3,(H2,17,18,19);1H. The monoisotopic (exact) mass is 456 g/mol. The van der Waals surface area contributed by atoms with Crippen LogP contribution in [0.5, 0.6) is 0 Å². The SMILES string of the molecule is CCNC(=NCCCOCC)NC1CN(C(=O)OC(C)(C)C)C1.I. The number of aliphatic imine (C=N–C) groups is 1. The lowest BCUT2D eigenvalue weighted by Gasteiger charge is -2.40. The molecule has 0 aromatic heterocycles. The summed E-state index contributed by atoms with van der Waals surface area (Å²) in [5.74, 6) is 0.790. The maximum absolute atomic E-state index is 11.9. The molecule has 7 nitrogen and oxygen atoms in total. The second-order valence-corrected chi connectivity index (χ2v) is 6.54. The van der Waals surface area contributed by atoms with Gasteiger partial charge in [-0.3, -0.25) is 4.99 Å². The van der Waals surface area contributed by atoms with E-state index in [0.29, 0.717) is 13.1 Å². The van der Waals surface area contributed by atoms with Gasteiger partial charge in [-0.05, 0) is 41.0 Å². The molecule has 1 aliphatic rings. The number of hydrogen-bond acceptors (Lipinski definition) is 4. The van der Waals surface area contributed by atoms with Crippen molar-refractivity contribution in [3.63, 3.8) is 0 Å². The number of halogens is 1. The summed E-state index contributed by atoms with van der Waals surface area (Å²) in [6.07, 6.45) is 0.647. The second-order valence-electron chi connectivity index (χ2n) is 6.54. The van der Waals surface area contributed by atoms with Crippen LogP contribution in [0.2, 0.25) is 0 Å². The van der Waals surface area contributed by atoms with Crippen LogP contribution in [0.25, 0.3) is 0 Å². The lowest BCUT2D eigenvalue weighted by Crippen LogP contribution is -2.63. The quantitative estimate of drug-likeness (QED) is 0.266. The normalized spacial score (nSPS) is 15.4. The molecule has 1 rings (SSSR count). The molecule has 1 fully saturated rings. The van der Waals surface area contributed by atoms with Crippen molar-refractivity contribution in [2.24, 2.45) is 4.99 Å². The van der Waals surface area contributed by atoms with Gasteiger partial charge in [-0.2, -0.15) is 0 Å². The van der Waals surface area contributed by atoms with Gasteiger partial charge in [0.15, 0.2) is 5.96 Å². The van der Waals surface area contributed by atoms with Gasteiger partial charge in [-0.25, -0.2) is 4.79 Å². The maximum atomic E-state index is 11.9. The molecule has 1 aliphatic heterocycles. The van der Waals surface area contributed by atoms with E-state index >= 15 is 0 Å². The largest absolute Gasteiger partial charge is 0.444 e. The van der Waals surface area contributed by atoms with Crippen molar-refractivity contribution < 1.29 is 14.3 Å². The number of nitrogens with zero attached hydrogens (tertiary/aromatic N) is 2. The fraction of sp³-hybridized carbons (Fsp3) is 0.875. The van der Waals surface area contributed by atoms with Crippen LogP contribution in [0.3, 0.4) is 0 Å². The lowest BCUT2D eigenvalue weighted by atomic mass is 10.1. The Morgan fingerprint density at radius 1 is 1.29 bits per heavy atom. The van der Waals surface area contributed by atoms with Gasteiger partial charge < -0.3 is 25.0 Å². The average molecular weight is 456 g/mol. The van der Waals surface area contributed by atoms with E-state index < -0.39 is 5.60 Å². The van der Waals surface area contributed by atoms with E-state index in [2.05, 4.69) is 15.6 Å². The molecule has 0 radical (unpaired) electrons. The van der Waals surface area contributed by atoms with Crippen molar-refractivity contribution in [3.8, 4) is 0 Å². The van der Waals surface area contributed by atoms with E-state index in [1.54, 1.807) is 4.90 Å². The summed E-state index contributed by atoms with van der Waals surface area (Å²) < 4.78 is 10.6. The third-order valence-corrected chi connectivity index (χ3v) is 3.14. The highest BCUT2D eigenvalue weighted by Crippen LogP contribution is 2.15. The van der Waals surface area contributed by atoms with E-state index in [0.717, 1.165) is 38.7 Å². The third kappa shape index (κ3) is 9.51. The Balaban J connectivity index is 0.00000529. The summed E-state index contributed by atoms with van der Waals surface area (Å²) in [5, 5.41) is 6.56. The molecule has 2 N–H and O–H groups in total. The summed E-state index contributed by atoms with van der Waals surface area (Å²) in [5.41, 5.74) is -0.452. The Morgan fingerprint density at radius 2 is 1.96 bits per heavy atom. The number of guanidine groups is 1. The fourth-order valence-corrected chi connectivity index (χ4v) is 2.06. The molecule has 8 heteroatoms. The number of carbonyl (C=O) groups is 1. The first-order valence-corrected chi connectivity index (χ1v) is 8.46. The Labute approximate surface area is 162 Å². The van der Waals surface area contributed by atoms with E-state index in [1.165, 1.54) is 0 Å².